The van der Waals surface area contributed by atoms with Gasteiger partial charge in [0.2, 0.25) is 0 Å². The lowest BCUT2D eigenvalue weighted by Crippen LogP contribution is -2.20. The summed E-state index contributed by atoms with van der Waals surface area (Å²) >= 11 is 0. The van der Waals surface area contributed by atoms with Crippen LogP contribution in [0.3, 0.4) is 0 Å². The highest BCUT2D eigenvalue weighted by molar-refractivity contribution is 5.91. The van der Waals surface area contributed by atoms with Gasteiger partial charge in [-0.2, -0.15) is 0 Å². The molecule has 0 aliphatic rings. The molecule has 0 aliphatic heterocycles. The molecule has 0 unspecified atom stereocenters. The Hall–Kier alpha value is -2.50. The van der Waals surface area contributed by atoms with Crippen LogP contribution in [-0.4, -0.2) is 34.7 Å². The second-order valence-corrected chi connectivity index (χ2v) is 3.88. The molecule has 0 aromatic carbocycles. The molecule has 6 nitrogen and oxygen atoms in total. The summed E-state index contributed by atoms with van der Waals surface area (Å²) in [6.45, 7) is 0.713. The van der Waals surface area contributed by atoms with Crippen LogP contribution in [0.25, 0.3) is 0 Å². The summed E-state index contributed by atoms with van der Waals surface area (Å²) in [5.41, 5.74) is 1.32. The van der Waals surface area contributed by atoms with Crippen LogP contribution in [0.1, 0.15) is 16.2 Å². The molecule has 0 aliphatic carbocycles. The zero-order chi connectivity index (χ0) is 13.5. The monoisotopic (exact) mass is 257 g/mol. The molecule has 0 fully saturated rings. The van der Waals surface area contributed by atoms with E-state index < -0.39 is 0 Å². The van der Waals surface area contributed by atoms with Crippen molar-refractivity contribution in [3.63, 3.8) is 0 Å². The molecule has 1 amide bonds. The molecule has 2 aromatic heterocycles. The van der Waals surface area contributed by atoms with E-state index in [1.165, 1.54) is 0 Å². The molecule has 98 valence electrons. The van der Waals surface area contributed by atoms with Gasteiger partial charge >= 0.3 is 0 Å². The summed E-state index contributed by atoms with van der Waals surface area (Å²) in [6, 6.07) is 9.19. The average molecular weight is 257 g/mol. The van der Waals surface area contributed by atoms with Gasteiger partial charge < -0.3 is 10.6 Å². The first-order valence-electron chi connectivity index (χ1n) is 5.99. The number of hydrogen-bond donors (Lipinski definition) is 2. The number of pyridine rings is 1. The molecule has 19 heavy (non-hydrogen) atoms. The minimum atomic E-state index is -0.243. The van der Waals surface area contributed by atoms with Crippen molar-refractivity contribution < 1.29 is 4.79 Å². The Balaban J connectivity index is 1.85. The molecule has 0 bridgehead atoms. The van der Waals surface area contributed by atoms with E-state index in [0.717, 1.165) is 12.1 Å². The number of amides is 1. The van der Waals surface area contributed by atoms with Gasteiger partial charge in [0.25, 0.3) is 5.91 Å². The van der Waals surface area contributed by atoms with Crippen LogP contribution in [0.15, 0.2) is 36.5 Å². The van der Waals surface area contributed by atoms with Crippen LogP contribution in [0, 0.1) is 0 Å². The van der Waals surface area contributed by atoms with E-state index in [4.69, 9.17) is 0 Å². The standard InChI is InChI=1S/C13H15N5O/c1-14-13(19)11-5-6-12(18-17-11)16-9-7-10-4-2-3-8-15-10/h2-6,8H,7,9H2,1H3,(H,14,19)(H,16,18). The summed E-state index contributed by atoms with van der Waals surface area (Å²) in [7, 11) is 1.56. The van der Waals surface area contributed by atoms with E-state index >= 15 is 0 Å². The van der Waals surface area contributed by atoms with Crippen molar-refractivity contribution in [1.82, 2.24) is 20.5 Å². The molecular formula is C13H15N5O. The largest absolute Gasteiger partial charge is 0.368 e. The first-order chi connectivity index (χ1) is 9.29. The highest BCUT2D eigenvalue weighted by atomic mass is 16.1. The molecule has 2 heterocycles. The van der Waals surface area contributed by atoms with Gasteiger partial charge in [-0.1, -0.05) is 6.07 Å². The lowest BCUT2D eigenvalue weighted by atomic mass is 10.3. The molecule has 0 radical (unpaired) electrons. The Bertz CT molecular complexity index is 526. The molecule has 2 N–H and O–H groups in total. The molecule has 0 saturated carbocycles. The van der Waals surface area contributed by atoms with Gasteiger partial charge in [0.15, 0.2) is 5.69 Å². The van der Waals surface area contributed by atoms with Gasteiger partial charge in [-0.15, -0.1) is 10.2 Å². The Morgan fingerprint density at radius 1 is 1.21 bits per heavy atom. The molecule has 0 saturated heterocycles. The van der Waals surface area contributed by atoms with Gasteiger partial charge in [-0.25, -0.2) is 0 Å². The Kier molecular flexibility index (Phi) is 4.39. The summed E-state index contributed by atoms with van der Waals surface area (Å²) in [5.74, 6) is 0.399. The van der Waals surface area contributed by atoms with Crippen molar-refractivity contribution in [2.75, 3.05) is 18.9 Å². The summed E-state index contributed by atoms with van der Waals surface area (Å²) < 4.78 is 0. The maximum atomic E-state index is 11.3. The Labute approximate surface area is 111 Å². The SMILES string of the molecule is CNC(=O)c1ccc(NCCc2ccccn2)nn1. The van der Waals surface area contributed by atoms with Crippen LogP contribution in [0.5, 0.6) is 0 Å². The predicted octanol–water partition coefficient (Wildman–Crippen LogP) is 0.886. The number of carbonyl (C=O) groups is 1. The lowest BCUT2D eigenvalue weighted by Gasteiger charge is -2.05. The van der Waals surface area contributed by atoms with Crippen LogP contribution in [-0.2, 0) is 6.42 Å². The second-order valence-electron chi connectivity index (χ2n) is 3.88. The number of aromatic nitrogens is 3. The number of anilines is 1. The third kappa shape index (κ3) is 3.74. The smallest absolute Gasteiger partial charge is 0.271 e. The van der Waals surface area contributed by atoms with Crippen molar-refractivity contribution in [3.8, 4) is 0 Å². The summed E-state index contributed by atoms with van der Waals surface area (Å²) in [5, 5.41) is 13.4. The van der Waals surface area contributed by atoms with E-state index in [-0.39, 0.29) is 5.91 Å². The van der Waals surface area contributed by atoms with Crippen LogP contribution >= 0.6 is 0 Å². The first-order valence-corrected chi connectivity index (χ1v) is 5.99. The predicted molar refractivity (Wildman–Crippen MR) is 71.9 cm³/mol. The zero-order valence-electron chi connectivity index (χ0n) is 10.6. The second kappa shape index (κ2) is 6.44. The van der Waals surface area contributed by atoms with Crippen molar-refractivity contribution in [1.29, 1.82) is 0 Å². The van der Waals surface area contributed by atoms with Gasteiger partial charge in [-0.3, -0.25) is 9.78 Å². The third-order valence-electron chi connectivity index (χ3n) is 2.54. The van der Waals surface area contributed by atoms with Crippen molar-refractivity contribution in [2.45, 2.75) is 6.42 Å². The number of nitrogens with zero attached hydrogens (tertiary/aromatic N) is 3. The van der Waals surface area contributed by atoms with Crippen molar-refractivity contribution >= 4 is 11.7 Å². The number of carbonyl (C=O) groups excluding carboxylic acids is 1. The third-order valence-corrected chi connectivity index (χ3v) is 2.54. The first kappa shape index (κ1) is 12.9. The average Bonchev–Trinajstić information content (AvgIpc) is 2.48. The van der Waals surface area contributed by atoms with Crippen LogP contribution < -0.4 is 10.6 Å². The Morgan fingerprint density at radius 2 is 2.11 bits per heavy atom. The molecule has 0 atom stereocenters. The Morgan fingerprint density at radius 3 is 2.74 bits per heavy atom. The summed E-state index contributed by atoms with van der Waals surface area (Å²) in [4.78, 5) is 15.5. The lowest BCUT2D eigenvalue weighted by molar-refractivity contribution is 0.0957. The zero-order valence-corrected chi connectivity index (χ0v) is 10.6. The van der Waals surface area contributed by atoms with Crippen LogP contribution in [0.4, 0.5) is 5.82 Å². The fourth-order valence-corrected chi connectivity index (χ4v) is 1.54. The topological polar surface area (TPSA) is 79.8 Å². The van der Waals surface area contributed by atoms with Gasteiger partial charge in [0.05, 0.1) is 0 Å². The van der Waals surface area contributed by atoms with E-state index in [1.807, 2.05) is 18.2 Å². The molecule has 2 rings (SSSR count). The van der Waals surface area contributed by atoms with E-state index in [2.05, 4.69) is 25.8 Å². The molecule has 2 aromatic rings. The molecular weight excluding hydrogens is 242 g/mol. The van der Waals surface area contributed by atoms with E-state index in [1.54, 1.807) is 25.4 Å². The fraction of sp³-hybridized carbons (Fsp3) is 0.231. The fourth-order valence-electron chi connectivity index (χ4n) is 1.54. The van der Waals surface area contributed by atoms with Gasteiger partial charge in [-0.05, 0) is 24.3 Å². The number of rotatable bonds is 5. The maximum Gasteiger partial charge on any atom is 0.271 e. The van der Waals surface area contributed by atoms with Gasteiger partial charge in [0.1, 0.15) is 5.82 Å². The van der Waals surface area contributed by atoms with E-state index in [0.29, 0.717) is 18.1 Å². The maximum absolute atomic E-state index is 11.3. The highest BCUT2D eigenvalue weighted by Crippen LogP contribution is 2.02. The van der Waals surface area contributed by atoms with Crippen LogP contribution in [0.2, 0.25) is 0 Å². The number of nitrogens with one attached hydrogen (secondary N) is 2. The summed E-state index contributed by atoms with van der Waals surface area (Å²) in [6.07, 6.45) is 2.58. The van der Waals surface area contributed by atoms with E-state index in [9.17, 15) is 4.79 Å². The minimum Gasteiger partial charge on any atom is -0.368 e. The minimum absolute atomic E-state index is 0.243. The quantitative estimate of drug-likeness (QED) is 0.831. The number of hydrogen-bond acceptors (Lipinski definition) is 5. The van der Waals surface area contributed by atoms with Crippen molar-refractivity contribution in [3.05, 3.63) is 47.9 Å². The normalized spacial score (nSPS) is 9.95. The van der Waals surface area contributed by atoms with Crippen molar-refractivity contribution in [2.24, 2.45) is 0 Å². The highest BCUT2D eigenvalue weighted by Gasteiger charge is 2.05. The molecule has 0 spiro atoms. The molecule has 6 heteroatoms. The van der Waals surface area contributed by atoms with Gasteiger partial charge in [0, 0.05) is 31.9 Å².